The van der Waals surface area contributed by atoms with Gasteiger partial charge < -0.3 is 0 Å². The lowest BCUT2D eigenvalue weighted by Crippen LogP contribution is -2.26. The number of hydrogen-bond acceptors (Lipinski definition) is 0. The first-order valence-electron chi connectivity index (χ1n) is 5.77. The van der Waals surface area contributed by atoms with E-state index in [1.165, 1.54) is 16.7 Å². The standard InChI is InChI=1S/C15H22/c1-7-9-12(4)15(6)13(5)11(3)10-14(15)8-2/h7,9,13H,4,8H2,1-3,5-6H3/b9-7+/t13?,15-/m1/s1. The predicted molar refractivity (Wildman–Crippen MR) is 67.7 cm³/mol. The molecule has 0 spiro atoms. The summed E-state index contributed by atoms with van der Waals surface area (Å²) < 4.78 is 0. The Hall–Kier alpha value is -1.00. The van der Waals surface area contributed by atoms with Crippen LogP contribution in [-0.4, -0.2) is 0 Å². The van der Waals surface area contributed by atoms with Crippen molar-refractivity contribution in [2.45, 2.75) is 41.0 Å². The van der Waals surface area contributed by atoms with Gasteiger partial charge in [0.25, 0.3) is 0 Å². The maximum atomic E-state index is 4.22. The third-order valence-electron chi connectivity index (χ3n) is 3.88. The lowest BCUT2D eigenvalue weighted by Gasteiger charge is -2.34. The molecule has 0 N–H and O–H groups in total. The highest BCUT2D eigenvalue weighted by molar-refractivity contribution is 5.41. The molecule has 0 aliphatic heterocycles. The fourth-order valence-corrected chi connectivity index (χ4v) is 2.47. The van der Waals surface area contributed by atoms with Crippen LogP contribution < -0.4 is 0 Å². The average Bonchev–Trinajstić information content (AvgIpc) is 2.44. The average molecular weight is 202 g/mol. The largest absolute Gasteiger partial charge is 0.122 e. The second-order valence-electron chi connectivity index (χ2n) is 4.59. The summed E-state index contributed by atoms with van der Waals surface area (Å²) in [6.07, 6.45) is 5.27. The molecule has 0 radical (unpaired) electrons. The summed E-state index contributed by atoms with van der Waals surface area (Å²) in [5.41, 5.74) is 7.58. The second kappa shape index (κ2) is 4.24. The zero-order chi connectivity index (χ0) is 11.6. The Kier molecular flexibility index (Phi) is 3.42. The number of rotatable bonds is 3. The van der Waals surface area contributed by atoms with E-state index in [9.17, 15) is 0 Å². The van der Waals surface area contributed by atoms with Crippen molar-refractivity contribution in [3.8, 4) is 0 Å². The molecule has 0 aromatic carbocycles. The number of allylic oxidation sites excluding steroid dienone is 4. The van der Waals surface area contributed by atoms with Crippen LogP contribution in [0.15, 0.2) is 41.2 Å². The van der Waals surface area contributed by atoms with Crippen molar-refractivity contribution in [2.75, 3.05) is 0 Å². The summed E-state index contributed by atoms with van der Waals surface area (Å²) in [5, 5.41) is 0. The van der Waals surface area contributed by atoms with Gasteiger partial charge in [-0.3, -0.25) is 0 Å². The molecular weight excluding hydrogens is 180 g/mol. The molecule has 0 aromatic rings. The summed E-state index contributed by atoms with van der Waals surface area (Å²) in [4.78, 5) is 0. The maximum absolute atomic E-state index is 4.22. The third kappa shape index (κ3) is 1.75. The van der Waals surface area contributed by atoms with E-state index in [1.54, 1.807) is 0 Å². The van der Waals surface area contributed by atoms with Crippen LogP contribution in [0.25, 0.3) is 0 Å². The minimum atomic E-state index is 0.0886. The van der Waals surface area contributed by atoms with Crippen LogP contribution in [0.1, 0.15) is 41.0 Å². The molecule has 82 valence electrons. The van der Waals surface area contributed by atoms with E-state index < -0.39 is 0 Å². The van der Waals surface area contributed by atoms with Gasteiger partial charge in [0.1, 0.15) is 0 Å². The smallest absolute Gasteiger partial charge is 0.0271 e. The first-order valence-corrected chi connectivity index (χ1v) is 5.77. The minimum absolute atomic E-state index is 0.0886. The molecule has 0 fully saturated rings. The first-order chi connectivity index (χ1) is 6.98. The molecule has 0 saturated carbocycles. The highest BCUT2D eigenvalue weighted by Gasteiger charge is 2.40. The molecule has 1 aliphatic carbocycles. The highest BCUT2D eigenvalue weighted by Crippen LogP contribution is 2.49. The molecular formula is C15H22. The maximum Gasteiger partial charge on any atom is 0.0271 e. The predicted octanol–water partition coefficient (Wildman–Crippen LogP) is 4.66. The Labute approximate surface area is 94.1 Å². The van der Waals surface area contributed by atoms with Gasteiger partial charge in [-0.25, -0.2) is 0 Å². The van der Waals surface area contributed by atoms with Gasteiger partial charge in [-0.1, -0.05) is 39.5 Å². The summed E-state index contributed by atoms with van der Waals surface area (Å²) in [6.45, 7) is 15.2. The van der Waals surface area contributed by atoms with E-state index in [2.05, 4.69) is 52.2 Å². The molecule has 1 rings (SSSR count). The van der Waals surface area contributed by atoms with E-state index in [-0.39, 0.29) is 5.41 Å². The van der Waals surface area contributed by atoms with Gasteiger partial charge in [-0.15, -0.1) is 5.73 Å². The van der Waals surface area contributed by atoms with Crippen LogP contribution in [0, 0.1) is 11.3 Å². The summed E-state index contributed by atoms with van der Waals surface area (Å²) in [6, 6.07) is 0. The van der Waals surface area contributed by atoms with Gasteiger partial charge in [0.2, 0.25) is 0 Å². The van der Waals surface area contributed by atoms with E-state index >= 15 is 0 Å². The topological polar surface area (TPSA) is 0 Å². The van der Waals surface area contributed by atoms with Gasteiger partial charge in [0.05, 0.1) is 0 Å². The molecule has 0 saturated heterocycles. The van der Waals surface area contributed by atoms with Gasteiger partial charge in [-0.05, 0) is 42.9 Å². The first kappa shape index (κ1) is 12.1. The SMILES string of the molecule is C=C(/C=C/C)[C@@]1(C)C(CC)=C=C(C)C1C. The van der Waals surface area contributed by atoms with Crippen LogP contribution in [0.3, 0.4) is 0 Å². The van der Waals surface area contributed by atoms with Gasteiger partial charge in [0, 0.05) is 5.41 Å². The molecule has 0 heterocycles. The molecule has 0 heteroatoms. The van der Waals surface area contributed by atoms with Crippen LogP contribution in [0.5, 0.6) is 0 Å². The Morgan fingerprint density at radius 3 is 2.67 bits per heavy atom. The van der Waals surface area contributed by atoms with Crippen LogP contribution in [0.4, 0.5) is 0 Å². The van der Waals surface area contributed by atoms with E-state index in [0.29, 0.717) is 5.92 Å². The zero-order valence-electron chi connectivity index (χ0n) is 10.6. The Morgan fingerprint density at radius 2 is 2.20 bits per heavy atom. The monoisotopic (exact) mass is 202 g/mol. The van der Waals surface area contributed by atoms with Crippen LogP contribution >= 0.6 is 0 Å². The van der Waals surface area contributed by atoms with Crippen LogP contribution in [0.2, 0.25) is 0 Å². The molecule has 1 aliphatic rings. The highest BCUT2D eigenvalue weighted by atomic mass is 14.4. The van der Waals surface area contributed by atoms with E-state index in [0.717, 1.165) is 6.42 Å². The normalized spacial score (nSPS) is 30.6. The zero-order valence-corrected chi connectivity index (χ0v) is 10.6. The second-order valence-corrected chi connectivity index (χ2v) is 4.59. The van der Waals surface area contributed by atoms with Crippen molar-refractivity contribution < 1.29 is 0 Å². The molecule has 1 unspecified atom stereocenters. The Balaban J connectivity index is 3.15. The van der Waals surface area contributed by atoms with Crippen molar-refractivity contribution >= 4 is 0 Å². The molecule has 0 amide bonds. The number of hydrogen-bond donors (Lipinski definition) is 0. The van der Waals surface area contributed by atoms with Gasteiger partial charge >= 0.3 is 0 Å². The molecule has 2 atom stereocenters. The molecule has 0 bridgehead atoms. The summed E-state index contributed by atoms with van der Waals surface area (Å²) >= 11 is 0. The molecule has 0 aromatic heterocycles. The van der Waals surface area contributed by atoms with Crippen molar-refractivity contribution in [3.63, 3.8) is 0 Å². The summed E-state index contributed by atoms with van der Waals surface area (Å²) in [5.74, 6) is 0.524. The summed E-state index contributed by atoms with van der Waals surface area (Å²) in [7, 11) is 0. The minimum Gasteiger partial charge on any atom is -0.122 e. The van der Waals surface area contributed by atoms with Crippen molar-refractivity contribution in [2.24, 2.45) is 11.3 Å². The lowest BCUT2D eigenvalue weighted by atomic mass is 9.68. The van der Waals surface area contributed by atoms with Gasteiger partial charge in [-0.2, -0.15) is 0 Å². The fourth-order valence-electron chi connectivity index (χ4n) is 2.47. The van der Waals surface area contributed by atoms with Crippen molar-refractivity contribution in [1.29, 1.82) is 0 Å². The molecule has 0 nitrogen and oxygen atoms in total. The van der Waals surface area contributed by atoms with Gasteiger partial charge in [0.15, 0.2) is 0 Å². The van der Waals surface area contributed by atoms with E-state index in [1.807, 2.05) is 6.92 Å². The molecule has 15 heavy (non-hydrogen) atoms. The Bertz CT molecular complexity index is 361. The lowest BCUT2D eigenvalue weighted by molar-refractivity contribution is 0.372. The third-order valence-corrected chi connectivity index (χ3v) is 3.88. The van der Waals surface area contributed by atoms with Crippen molar-refractivity contribution in [3.05, 3.63) is 41.2 Å². The van der Waals surface area contributed by atoms with Crippen LogP contribution in [-0.2, 0) is 0 Å². The Morgan fingerprint density at radius 1 is 1.60 bits per heavy atom. The van der Waals surface area contributed by atoms with Crippen molar-refractivity contribution in [1.82, 2.24) is 0 Å². The quantitative estimate of drug-likeness (QED) is 0.461. The fraction of sp³-hybridized carbons (Fsp3) is 0.533. The van der Waals surface area contributed by atoms with E-state index in [4.69, 9.17) is 0 Å².